The fourth-order valence-electron chi connectivity index (χ4n) is 1.38. The number of benzene rings is 1. The van der Waals surface area contributed by atoms with Crippen LogP contribution in [0.3, 0.4) is 0 Å². The van der Waals surface area contributed by atoms with Gasteiger partial charge in [0, 0.05) is 11.8 Å². The summed E-state index contributed by atoms with van der Waals surface area (Å²) in [6.07, 6.45) is 0.313. The van der Waals surface area contributed by atoms with Crippen molar-refractivity contribution in [1.29, 1.82) is 0 Å². The minimum atomic E-state index is -0.0317. The molecular weight excluding hydrogens is 304 g/mol. The summed E-state index contributed by atoms with van der Waals surface area (Å²) < 4.78 is 9.63. The van der Waals surface area contributed by atoms with Gasteiger partial charge in [-0.1, -0.05) is 10.6 Å². The maximum atomic E-state index is 11.8. The number of ketones is 1. The summed E-state index contributed by atoms with van der Waals surface area (Å²) >= 11 is 4.56. The number of aromatic nitrogens is 2. The Morgan fingerprint density at radius 2 is 2.35 bits per heavy atom. The van der Waals surface area contributed by atoms with Gasteiger partial charge in [0.25, 0.3) is 0 Å². The van der Waals surface area contributed by atoms with E-state index >= 15 is 0 Å². The summed E-state index contributed by atoms with van der Waals surface area (Å²) in [6, 6.07) is 5.56. The van der Waals surface area contributed by atoms with Gasteiger partial charge in [0.15, 0.2) is 5.78 Å². The molecule has 0 fully saturated rings. The van der Waals surface area contributed by atoms with E-state index in [0.29, 0.717) is 12.1 Å². The van der Waals surface area contributed by atoms with E-state index in [4.69, 9.17) is 4.74 Å². The fraction of sp³-hybridized carbons (Fsp3) is 0.182. The lowest BCUT2D eigenvalue weighted by Crippen LogP contribution is -2.04. The van der Waals surface area contributed by atoms with Crippen LogP contribution in [0.5, 0.6) is 5.75 Å². The quantitative estimate of drug-likeness (QED) is 0.815. The molecule has 0 aliphatic rings. The Kier molecular flexibility index (Phi) is 3.86. The van der Waals surface area contributed by atoms with Gasteiger partial charge in [-0.15, -0.1) is 5.10 Å². The standard InChI is InChI=1S/C11H9BrN2O2S/c1-16-11-3-2-7(4-8(11)12)5-10(15)9-6-17-14-13-9/h2-4,6H,5H2,1H3. The average molecular weight is 313 g/mol. The topological polar surface area (TPSA) is 52.1 Å². The molecule has 2 rings (SSSR count). The Morgan fingerprint density at radius 1 is 1.53 bits per heavy atom. The Labute approximate surface area is 111 Å². The molecule has 0 aliphatic heterocycles. The molecule has 0 aliphatic carbocycles. The Morgan fingerprint density at radius 3 is 2.94 bits per heavy atom. The van der Waals surface area contributed by atoms with Gasteiger partial charge in [-0.05, 0) is 45.2 Å². The predicted octanol–water partition coefficient (Wildman–Crippen LogP) is 2.73. The monoisotopic (exact) mass is 312 g/mol. The highest BCUT2D eigenvalue weighted by Crippen LogP contribution is 2.25. The molecule has 0 radical (unpaired) electrons. The highest BCUT2D eigenvalue weighted by Gasteiger charge is 2.11. The number of ether oxygens (including phenoxy) is 1. The van der Waals surface area contributed by atoms with Crippen LogP contribution in [0.15, 0.2) is 28.1 Å². The first-order chi connectivity index (χ1) is 8.20. The number of carbonyl (C=O) groups is 1. The van der Waals surface area contributed by atoms with E-state index in [1.54, 1.807) is 12.5 Å². The second-order valence-electron chi connectivity index (χ2n) is 3.36. The second kappa shape index (κ2) is 5.37. The molecule has 0 amide bonds. The number of Topliss-reactive ketones (excluding diaryl/α,β-unsaturated/α-hetero) is 1. The molecule has 0 unspecified atom stereocenters. The maximum absolute atomic E-state index is 11.8. The summed E-state index contributed by atoms with van der Waals surface area (Å²) in [5, 5.41) is 5.40. The van der Waals surface area contributed by atoms with Crippen molar-refractivity contribution in [3.8, 4) is 5.75 Å². The summed E-state index contributed by atoms with van der Waals surface area (Å²) in [7, 11) is 1.60. The molecule has 17 heavy (non-hydrogen) atoms. The smallest absolute Gasteiger partial charge is 0.188 e. The number of hydrogen-bond acceptors (Lipinski definition) is 5. The van der Waals surface area contributed by atoms with Crippen molar-refractivity contribution in [2.75, 3.05) is 7.11 Å². The van der Waals surface area contributed by atoms with E-state index in [2.05, 4.69) is 25.5 Å². The molecule has 0 spiro atoms. The van der Waals surface area contributed by atoms with Gasteiger partial charge >= 0.3 is 0 Å². The molecule has 0 N–H and O–H groups in total. The molecule has 4 nitrogen and oxygen atoms in total. The number of hydrogen-bond donors (Lipinski definition) is 0. The van der Waals surface area contributed by atoms with Crippen molar-refractivity contribution in [1.82, 2.24) is 9.59 Å². The van der Waals surface area contributed by atoms with E-state index < -0.39 is 0 Å². The number of nitrogens with zero attached hydrogens (tertiary/aromatic N) is 2. The van der Waals surface area contributed by atoms with Crippen LogP contribution in [0.2, 0.25) is 0 Å². The van der Waals surface area contributed by atoms with Crippen LogP contribution in [-0.4, -0.2) is 22.5 Å². The maximum Gasteiger partial charge on any atom is 0.188 e. The molecule has 0 atom stereocenters. The van der Waals surface area contributed by atoms with Gasteiger partial charge in [0.2, 0.25) is 0 Å². The first kappa shape index (κ1) is 12.2. The zero-order valence-electron chi connectivity index (χ0n) is 9.01. The lowest BCUT2D eigenvalue weighted by atomic mass is 10.1. The van der Waals surface area contributed by atoms with Gasteiger partial charge < -0.3 is 4.74 Å². The van der Waals surface area contributed by atoms with Gasteiger partial charge in [-0.3, -0.25) is 4.79 Å². The summed E-state index contributed by atoms with van der Waals surface area (Å²) in [5.41, 5.74) is 1.33. The lowest BCUT2D eigenvalue weighted by molar-refractivity contribution is 0.0988. The molecule has 6 heteroatoms. The minimum absolute atomic E-state index is 0.0317. The molecule has 88 valence electrons. The number of rotatable bonds is 4. The molecule has 0 saturated heterocycles. The Balaban J connectivity index is 2.14. The third-order valence-corrected chi connectivity index (χ3v) is 3.35. The second-order valence-corrected chi connectivity index (χ2v) is 4.82. The van der Waals surface area contributed by atoms with Crippen LogP contribution in [0.25, 0.3) is 0 Å². The van der Waals surface area contributed by atoms with Crippen LogP contribution in [0, 0.1) is 0 Å². The largest absolute Gasteiger partial charge is 0.496 e. The van der Waals surface area contributed by atoms with E-state index in [-0.39, 0.29) is 5.78 Å². The number of carbonyl (C=O) groups excluding carboxylic acids is 1. The van der Waals surface area contributed by atoms with Gasteiger partial charge in [0.1, 0.15) is 11.4 Å². The van der Waals surface area contributed by atoms with E-state index in [1.807, 2.05) is 18.2 Å². The van der Waals surface area contributed by atoms with Crippen molar-refractivity contribution in [3.63, 3.8) is 0 Å². The minimum Gasteiger partial charge on any atom is -0.496 e. The highest BCUT2D eigenvalue weighted by atomic mass is 79.9. The molecule has 0 saturated carbocycles. The van der Waals surface area contributed by atoms with Crippen LogP contribution >= 0.6 is 27.5 Å². The molecule has 1 aromatic carbocycles. The van der Waals surface area contributed by atoms with Gasteiger partial charge in [0.05, 0.1) is 11.6 Å². The SMILES string of the molecule is COc1ccc(CC(=O)c2csnn2)cc1Br. The summed E-state index contributed by atoms with van der Waals surface area (Å²) in [5.74, 6) is 0.715. The Hall–Kier alpha value is -1.27. The van der Waals surface area contributed by atoms with Crippen LogP contribution in [-0.2, 0) is 6.42 Å². The third kappa shape index (κ3) is 2.89. The van der Waals surface area contributed by atoms with Crippen LogP contribution in [0.1, 0.15) is 16.1 Å². The van der Waals surface area contributed by atoms with Crippen LogP contribution in [0.4, 0.5) is 0 Å². The lowest BCUT2D eigenvalue weighted by Gasteiger charge is -2.05. The Bertz CT molecular complexity index is 528. The van der Waals surface area contributed by atoms with Crippen molar-refractivity contribution < 1.29 is 9.53 Å². The summed E-state index contributed by atoms with van der Waals surface area (Å²) in [6.45, 7) is 0. The number of halogens is 1. The normalized spacial score (nSPS) is 10.2. The van der Waals surface area contributed by atoms with E-state index in [1.165, 1.54) is 11.5 Å². The first-order valence-electron chi connectivity index (χ1n) is 4.83. The fourth-order valence-corrected chi connectivity index (χ4v) is 2.43. The van der Waals surface area contributed by atoms with Gasteiger partial charge in [-0.2, -0.15) is 0 Å². The molecule has 1 aromatic heterocycles. The van der Waals surface area contributed by atoms with E-state index in [0.717, 1.165) is 15.8 Å². The van der Waals surface area contributed by atoms with Gasteiger partial charge in [-0.25, -0.2) is 0 Å². The first-order valence-corrected chi connectivity index (χ1v) is 6.46. The van der Waals surface area contributed by atoms with Crippen molar-refractivity contribution in [3.05, 3.63) is 39.3 Å². The molecule has 0 bridgehead atoms. The zero-order chi connectivity index (χ0) is 12.3. The van der Waals surface area contributed by atoms with Crippen molar-refractivity contribution in [2.45, 2.75) is 6.42 Å². The third-order valence-electron chi connectivity index (χ3n) is 2.23. The van der Waals surface area contributed by atoms with Crippen molar-refractivity contribution >= 4 is 33.2 Å². The molecular formula is C11H9BrN2O2S. The summed E-state index contributed by atoms with van der Waals surface area (Å²) in [4.78, 5) is 11.8. The predicted molar refractivity (Wildman–Crippen MR) is 68.6 cm³/mol. The average Bonchev–Trinajstić information content (AvgIpc) is 2.82. The van der Waals surface area contributed by atoms with Crippen molar-refractivity contribution in [2.24, 2.45) is 0 Å². The molecule has 2 aromatic rings. The van der Waals surface area contributed by atoms with Crippen LogP contribution < -0.4 is 4.74 Å². The number of methoxy groups -OCH3 is 1. The molecule has 1 heterocycles. The highest BCUT2D eigenvalue weighted by molar-refractivity contribution is 9.10. The zero-order valence-corrected chi connectivity index (χ0v) is 11.4. The van der Waals surface area contributed by atoms with E-state index in [9.17, 15) is 4.79 Å².